The smallest absolute Gasteiger partial charge is 0.0670 e. The van der Waals surface area contributed by atoms with Crippen molar-refractivity contribution < 1.29 is 0 Å². The zero-order valence-electron chi connectivity index (χ0n) is 6.54. The molecule has 1 rings (SSSR count). The molecule has 1 aromatic rings. The molecule has 0 radical (unpaired) electrons. The highest BCUT2D eigenvalue weighted by Crippen LogP contribution is 2.07. The van der Waals surface area contributed by atoms with Gasteiger partial charge in [-0.05, 0) is 23.6 Å². The molecule has 0 bridgehead atoms. The molecule has 0 atom stereocenters. The van der Waals surface area contributed by atoms with Crippen LogP contribution in [0.25, 0.3) is 0 Å². The molecule has 0 aliphatic rings. The number of nitriles is 1. The molecule has 11 heavy (non-hydrogen) atoms. The highest BCUT2D eigenvalue weighted by atomic mass is 14.6. The van der Waals surface area contributed by atoms with E-state index < -0.39 is 0 Å². The van der Waals surface area contributed by atoms with Crippen LogP contribution in [-0.4, -0.2) is 4.98 Å². The lowest BCUT2D eigenvalue weighted by molar-refractivity contribution is 1.05. The van der Waals surface area contributed by atoms with Gasteiger partial charge >= 0.3 is 0 Å². The lowest BCUT2D eigenvalue weighted by Gasteiger charge is -2.00. The monoisotopic (exact) mass is 146 g/mol. The van der Waals surface area contributed by atoms with Gasteiger partial charge in [-0.25, -0.2) is 0 Å². The van der Waals surface area contributed by atoms with E-state index in [1.54, 1.807) is 12.4 Å². The van der Waals surface area contributed by atoms with Gasteiger partial charge in [-0.1, -0.05) is 6.92 Å². The summed E-state index contributed by atoms with van der Waals surface area (Å²) in [6, 6.07) is 4.08. The van der Waals surface area contributed by atoms with Crippen molar-refractivity contribution in [3.8, 4) is 6.07 Å². The molecule has 0 N–H and O–H groups in total. The Kier molecular flexibility index (Phi) is 2.62. The van der Waals surface area contributed by atoms with E-state index in [2.05, 4.69) is 18.0 Å². The third-order valence-electron chi connectivity index (χ3n) is 1.66. The minimum Gasteiger partial charge on any atom is -0.264 e. The van der Waals surface area contributed by atoms with Crippen molar-refractivity contribution in [2.24, 2.45) is 0 Å². The molecule has 0 amide bonds. The van der Waals surface area contributed by atoms with Crippen LogP contribution >= 0.6 is 0 Å². The summed E-state index contributed by atoms with van der Waals surface area (Å²) in [5.74, 6) is 0. The summed E-state index contributed by atoms with van der Waals surface area (Å²) in [5, 5.41) is 8.46. The summed E-state index contributed by atoms with van der Waals surface area (Å²) >= 11 is 0. The lowest BCUT2D eigenvalue weighted by atomic mass is 10.1. The molecule has 0 unspecified atom stereocenters. The lowest BCUT2D eigenvalue weighted by Crippen LogP contribution is -1.91. The average Bonchev–Trinajstić information content (AvgIpc) is 2.06. The number of hydrogen-bond donors (Lipinski definition) is 0. The van der Waals surface area contributed by atoms with Crippen molar-refractivity contribution >= 4 is 0 Å². The topological polar surface area (TPSA) is 36.7 Å². The maximum atomic E-state index is 8.46. The van der Waals surface area contributed by atoms with Crippen LogP contribution in [0.3, 0.4) is 0 Å². The average molecular weight is 146 g/mol. The van der Waals surface area contributed by atoms with E-state index in [-0.39, 0.29) is 0 Å². The van der Waals surface area contributed by atoms with Gasteiger partial charge in [0.1, 0.15) is 0 Å². The van der Waals surface area contributed by atoms with E-state index in [1.165, 1.54) is 5.56 Å². The number of nitrogens with zero attached hydrogens (tertiary/aromatic N) is 2. The standard InChI is InChI=1S/C9H10N2/c1-2-8-4-6-11-7-9(8)3-5-10/h4,6-7H,2-3H2,1H3. The third-order valence-corrected chi connectivity index (χ3v) is 1.66. The molecular weight excluding hydrogens is 136 g/mol. The molecule has 2 nitrogen and oxygen atoms in total. The van der Waals surface area contributed by atoms with E-state index in [4.69, 9.17) is 5.26 Å². The van der Waals surface area contributed by atoms with Crippen molar-refractivity contribution in [1.29, 1.82) is 5.26 Å². The first-order chi connectivity index (χ1) is 5.38. The summed E-state index contributed by atoms with van der Waals surface area (Å²) in [5.41, 5.74) is 2.28. The van der Waals surface area contributed by atoms with Gasteiger partial charge in [0.15, 0.2) is 0 Å². The molecule has 0 aliphatic carbocycles. The first kappa shape index (κ1) is 7.74. The van der Waals surface area contributed by atoms with Crippen LogP contribution in [0, 0.1) is 11.3 Å². The fraction of sp³-hybridized carbons (Fsp3) is 0.333. The molecule has 0 spiro atoms. The third kappa shape index (κ3) is 1.78. The number of rotatable bonds is 2. The molecule has 0 saturated carbocycles. The van der Waals surface area contributed by atoms with Crippen molar-refractivity contribution in [2.45, 2.75) is 19.8 Å². The molecule has 0 fully saturated rings. The largest absolute Gasteiger partial charge is 0.264 e. The van der Waals surface area contributed by atoms with Crippen molar-refractivity contribution in [3.63, 3.8) is 0 Å². The van der Waals surface area contributed by atoms with Gasteiger partial charge in [-0.2, -0.15) is 5.26 Å². The fourth-order valence-electron chi connectivity index (χ4n) is 1.05. The van der Waals surface area contributed by atoms with Crippen molar-refractivity contribution in [3.05, 3.63) is 29.6 Å². The Morgan fingerprint density at radius 1 is 1.55 bits per heavy atom. The molecule has 0 saturated heterocycles. The second kappa shape index (κ2) is 3.72. The van der Waals surface area contributed by atoms with Crippen LogP contribution < -0.4 is 0 Å². The molecule has 0 aromatic carbocycles. The van der Waals surface area contributed by atoms with E-state index in [0.717, 1.165) is 12.0 Å². The molecule has 1 heterocycles. The normalized spacial score (nSPS) is 9.09. The SMILES string of the molecule is CCc1ccncc1CC#N. The summed E-state index contributed by atoms with van der Waals surface area (Å²) < 4.78 is 0. The van der Waals surface area contributed by atoms with Gasteiger partial charge in [0.05, 0.1) is 12.5 Å². The summed E-state index contributed by atoms with van der Waals surface area (Å²) in [6.45, 7) is 2.08. The number of aromatic nitrogens is 1. The van der Waals surface area contributed by atoms with Crippen LogP contribution in [0.5, 0.6) is 0 Å². The predicted molar refractivity (Wildman–Crippen MR) is 42.9 cm³/mol. The van der Waals surface area contributed by atoms with Gasteiger partial charge in [-0.15, -0.1) is 0 Å². The second-order valence-electron chi connectivity index (χ2n) is 2.33. The minimum absolute atomic E-state index is 0.469. The summed E-state index contributed by atoms with van der Waals surface area (Å²) in [4.78, 5) is 3.96. The van der Waals surface area contributed by atoms with E-state index in [1.807, 2.05) is 6.07 Å². The predicted octanol–water partition coefficient (Wildman–Crippen LogP) is 1.71. The van der Waals surface area contributed by atoms with Gasteiger partial charge in [-0.3, -0.25) is 4.98 Å². The summed E-state index contributed by atoms with van der Waals surface area (Å²) in [7, 11) is 0. The van der Waals surface area contributed by atoms with E-state index in [9.17, 15) is 0 Å². The van der Waals surface area contributed by atoms with Crippen molar-refractivity contribution in [1.82, 2.24) is 4.98 Å². The number of hydrogen-bond acceptors (Lipinski definition) is 2. The minimum atomic E-state index is 0.469. The zero-order valence-corrected chi connectivity index (χ0v) is 6.54. The Morgan fingerprint density at radius 2 is 2.36 bits per heavy atom. The molecule has 1 aromatic heterocycles. The fourth-order valence-corrected chi connectivity index (χ4v) is 1.05. The summed E-state index contributed by atoms with van der Waals surface area (Å²) in [6.07, 6.45) is 4.97. The first-order valence-corrected chi connectivity index (χ1v) is 3.67. The van der Waals surface area contributed by atoms with Crippen molar-refractivity contribution in [2.75, 3.05) is 0 Å². The molecule has 56 valence electrons. The second-order valence-corrected chi connectivity index (χ2v) is 2.33. The van der Waals surface area contributed by atoms with Crippen LogP contribution in [0.1, 0.15) is 18.1 Å². The Bertz CT molecular complexity index is 273. The Balaban J connectivity index is 2.94. The Hall–Kier alpha value is -1.36. The maximum Gasteiger partial charge on any atom is 0.0670 e. The van der Waals surface area contributed by atoms with Crippen LogP contribution in [0.2, 0.25) is 0 Å². The van der Waals surface area contributed by atoms with Crippen LogP contribution in [0.15, 0.2) is 18.5 Å². The molecular formula is C9H10N2. The van der Waals surface area contributed by atoms with Gasteiger partial charge in [0.2, 0.25) is 0 Å². The maximum absolute atomic E-state index is 8.46. The number of pyridine rings is 1. The van der Waals surface area contributed by atoms with E-state index in [0.29, 0.717) is 6.42 Å². The Morgan fingerprint density at radius 3 is 3.00 bits per heavy atom. The first-order valence-electron chi connectivity index (χ1n) is 3.67. The number of aryl methyl sites for hydroxylation is 1. The van der Waals surface area contributed by atoms with Gasteiger partial charge < -0.3 is 0 Å². The van der Waals surface area contributed by atoms with Crippen LogP contribution in [-0.2, 0) is 12.8 Å². The molecule has 0 aliphatic heterocycles. The highest BCUT2D eigenvalue weighted by molar-refractivity contribution is 5.25. The van der Waals surface area contributed by atoms with Gasteiger partial charge in [0.25, 0.3) is 0 Å². The van der Waals surface area contributed by atoms with E-state index >= 15 is 0 Å². The van der Waals surface area contributed by atoms with Crippen LogP contribution in [0.4, 0.5) is 0 Å². The zero-order chi connectivity index (χ0) is 8.10. The highest BCUT2D eigenvalue weighted by Gasteiger charge is 1.97. The quantitative estimate of drug-likeness (QED) is 0.636. The Labute approximate surface area is 66.5 Å². The van der Waals surface area contributed by atoms with Gasteiger partial charge in [0, 0.05) is 12.4 Å². The molecule has 2 heteroatoms.